The Kier molecular flexibility index (Phi) is 4.92. The van der Waals surface area contributed by atoms with Gasteiger partial charge in [-0.15, -0.1) is 0 Å². The second-order valence-electron chi connectivity index (χ2n) is 7.43. The molecule has 0 fully saturated rings. The van der Waals surface area contributed by atoms with Crippen molar-refractivity contribution in [1.29, 1.82) is 0 Å². The molecular weight excluding hydrogens is 366 g/mol. The monoisotopic (exact) mass is 389 g/mol. The molecular formula is C23H23N3O3. The minimum atomic E-state index is -0.280. The quantitative estimate of drug-likeness (QED) is 0.658. The number of amides is 3. The Labute approximate surface area is 169 Å². The second-order valence-corrected chi connectivity index (χ2v) is 7.43. The number of fused-ring (bicyclic) bond motifs is 2. The smallest absolute Gasteiger partial charge is 0.261 e. The van der Waals surface area contributed by atoms with E-state index in [1.807, 2.05) is 13.1 Å². The number of carbonyl (C=O) groups excluding carboxylic acids is 3. The number of hydrogen-bond acceptors (Lipinski definition) is 3. The van der Waals surface area contributed by atoms with Crippen molar-refractivity contribution >= 4 is 28.6 Å². The summed E-state index contributed by atoms with van der Waals surface area (Å²) >= 11 is 0. The maximum Gasteiger partial charge on any atom is 0.261 e. The number of aryl methyl sites for hydroxylation is 2. The van der Waals surface area contributed by atoms with Crippen molar-refractivity contribution in [2.75, 3.05) is 6.54 Å². The first-order valence-electron chi connectivity index (χ1n) is 9.72. The van der Waals surface area contributed by atoms with E-state index < -0.39 is 0 Å². The Balaban J connectivity index is 1.28. The molecule has 1 N–H and O–H groups in total. The van der Waals surface area contributed by atoms with Gasteiger partial charge in [0.15, 0.2) is 0 Å². The first-order valence-corrected chi connectivity index (χ1v) is 9.72. The molecule has 3 aromatic rings. The lowest BCUT2D eigenvalue weighted by Crippen LogP contribution is -2.32. The Morgan fingerprint density at radius 3 is 2.38 bits per heavy atom. The van der Waals surface area contributed by atoms with E-state index in [-0.39, 0.29) is 30.7 Å². The fourth-order valence-corrected chi connectivity index (χ4v) is 3.78. The van der Waals surface area contributed by atoms with Crippen molar-refractivity contribution in [3.05, 3.63) is 70.9 Å². The Bertz CT molecular complexity index is 1090. The summed E-state index contributed by atoms with van der Waals surface area (Å²) in [5.41, 5.74) is 4.27. The van der Waals surface area contributed by atoms with Gasteiger partial charge in [0, 0.05) is 43.2 Å². The average molecular weight is 389 g/mol. The fraction of sp³-hybridized carbons (Fsp3) is 0.261. The molecule has 0 saturated carbocycles. The molecule has 0 bridgehead atoms. The molecule has 2 aromatic carbocycles. The fourth-order valence-electron chi connectivity index (χ4n) is 3.78. The zero-order chi connectivity index (χ0) is 20.5. The maximum atomic E-state index is 12.3. The second kappa shape index (κ2) is 7.54. The minimum Gasteiger partial charge on any atom is -0.352 e. The van der Waals surface area contributed by atoms with Crippen LogP contribution in [0.2, 0.25) is 0 Å². The lowest BCUT2D eigenvalue weighted by atomic mass is 10.1. The SMILES string of the molecule is Cc1cc2cc(CNC(=O)CCCN3C(=O)c4ccccc4C3=O)ccc2n1C. The van der Waals surface area contributed by atoms with Crippen LogP contribution in [-0.4, -0.2) is 33.7 Å². The molecule has 0 spiro atoms. The van der Waals surface area contributed by atoms with E-state index in [1.165, 1.54) is 16.1 Å². The van der Waals surface area contributed by atoms with Gasteiger partial charge in [-0.1, -0.05) is 18.2 Å². The Morgan fingerprint density at radius 1 is 1.00 bits per heavy atom. The molecule has 4 rings (SSSR count). The van der Waals surface area contributed by atoms with E-state index >= 15 is 0 Å². The molecule has 2 heterocycles. The maximum absolute atomic E-state index is 12.3. The summed E-state index contributed by atoms with van der Waals surface area (Å²) in [6.45, 7) is 2.76. The molecule has 3 amide bonds. The number of nitrogens with zero attached hydrogens (tertiary/aromatic N) is 2. The molecule has 0 saturated heterocycles. The van der Waals surface area contributed by atoms with Gasteiger partial charge in [0.2, 0.25) is 5.91 Å². The molecule has 29 heavy (non-hydrogen) atoms. The van der Waals surface area contributed by atoms with Gasteiger partial charge >= 0.3 is 0 Å². The van der Waals surface area contributed by atoms with Crippen LogP contribution >= 0.6 is 0 Å². The number of benzene rings is 2. The molecule has 0 radical (unpaired) electrons. The van der Waals surface area contributed by atoms with Crippen LogP contribution in [0.25, 0.3) is 10.9 Å². The lowest BCUT2D eigenvalue weighted by Gasteiger charge is -2.13. The lowest BCUT2D eigenvalue weighted by molar-refractivity contribution is -0.121. The average Bonchev–Trinajstić information content (AvgIpc) is 3.14. The molecule has 0 atom stereocenters. The number of nitrogens with one attached hydrogen (secondary N) is 1. The summed E-state index contributed by atoms with van der Waals surface area (Å²) in [6.07, 6.45) is 0.703. The van der Waals surface area contributed by atoms with Gasteiger partial charge in [-0.05, 0) is 49.2 Å². The number of imide groups is 1. The molecule has 1 aromatic heterocycles. The van der Waals surface area contributed by atoms with E-state index in [1.54, 1.807) is 24.3 Å². The van der Waals surface area contributed by atoms with Crippen LogP contribution in [0, 0.1) is 6.92 Å². The highest BCUT2D eigenvalue weighted by atomic mass is 16.2. The van der Waals surface area contributed by atoms with E-state index in [2.05, 4.69) is 35.0 Å². The molecule has 1 aliphatic heterocycles. The first kappa shape index (κ1) is 18.9. The van der Waals surface area contributed by atoms with E-state index in [4.69, 9.17) is 0 Å². The van der Waals surface area contributed by atoms with E-state index in [0.717, 1.165) is 10.9 Å². The predicted octanol–water partition coefficient (Wildman–Crippen LogP) is 3.18. The van der Waals surface area contributed by atoms with Gasteiger partial charge in [0.1, 0.15) is 0 Å². The largest absolute Gasteiger partial charge is 0.352 e. The number of aromatic nitrogens is 1. The van der Waals surface area contributed by atoms with Gasteiger partial charge < -0.3 is 9.88 Å². The normalized spacial score (nSPS) is 13.2. The minimum absolute atomic E-state index is 0.0917. The molecule has 0 unspecified atom stereocenters. The van der Waals surface area contributed by atoms with Crippen LogP contribution in [0.1, 0.15) is 44.8 Å². The van der Waals surface area contributed by atoms with Crippen LogP contribution in [0.15, 0.2) is 48.5 Å². The van der Waals surface area contributed by atoms with Gasteiger partial charge in [0.25, 0.3) is 11.8 Å². The van der Waals surface area contributed by atoms with Gasteiger partial charge in [-0.2, -0.15) is 0 Å². The predicted molar refractivity (Wildman–Crippen MR) is 111 cm³/mol. The number of hydrogen-bond donors (Lipinski definition) is 1. The standard InChI is InChI=1S/C23H23N3O3/c1-15-12-17-13-16(9-10-20(17)25(15)2)14-24-21(27)8-5-11-26-22(28)18-6-3-4-7-19(18)23(26)29/h3-4,6-7,9-10,12-13H,5,8,11,14H2,1-2H3,(H,24,27). The number of rotatable bonds is 6. The topological polar surface area (TPSA) is 71.4 Å². The van der Waals surface area contributed by atoms with Crippen molar-refractivity contribution in [1.82, 2.24) is 14.8 Å². The van der Waals surface area contributed by atoms with Gasteiger partial charge in [-0.25, -0.2) is 0 Å². The molecule has 1 aliphatic rings. The van der Waals surface area contributed by atoms with Crippen LogP contribution in [0.5, 0.6) is 0 Å². The third-order valence-electron chi connectivity index (χ3n) is 5.50. The summed E-state index contributed by atoms with van der Waals surface area (Å²) in [5, 5.41) is 4.07. The van der Waals surface area contributed by atoms with Crippen molar-refractivity contribution in [2.45, 2.75) is 26.3 Å². The summed E-state index contributed by atoms with van der Waals surface area (Å²) in [7, 11) is 2.04. The number of carbonyl (C=O) groups is 3. The Morgan fingerprint density at radius 2 is 1.69 bits per heavy atom. The highest BCUT2D eigenvalue weighted by Gasteiger charge is 2.34. The highest BCUT2D eigenvalue weighted by molar-refractivity contribution is 6.21. The van der Waals surface area contributed by atoms with Crippen LogP contribution in [0.4, 0.5) is 0 Å². The summed E-state index contributed by atoms with van der Waals surface area (Å²) in [4.78, 5) is 38.1. The third-order valence-corrected chi connectivity index (χ3v) is 5.50. The first-order chi connectivity index (χ1) is 14.0. The van der Waals surface area contributed by atoms with Crippen molar-refractivity contribution in [2.24, 2.45) is 7.05 Å². The van der Waals surface area contributed by atoms with E-state index in [0.29, 0.717) is 24.1 Å². The van der Waals surface area contributed by atoms with Crippen molar-refractivity contribution in [3.63, 3.8) is 0 Å². The summed E-state index contributed by atoms with van der Waals surface area (Å²) in [6, 6.07) is 15.1. The third kappa shape index (κ3) is 3.53. The molecule has 148 valence electrons. The van der Waals surface area contributed by atoms with E-state index in [9.17, 15) is 14.4 Å². The zero-order valence-corrected chi connectivity index (χ0v) is 16.6. The van der Waals surface area contributed by atoms with Gasteiger partial charge in [-0.3, -0.25) is 19.3 Å². The molecule has 6 heteroatoms. The van der Waals surface area contributed by atoms with Crippen LogP contribution in [0.3, 0.4) is 0 Å². The van der Waals surface area contributed by atoms with Crippen LogP contribution in [-0.2, 0) is 18.4 Å². The summed E-state index contributed by atoms with van der Waals surface area (Å²) < 4.78 is 2.14. The highest BCUT2D eigenvalue weighted by Crippen LogP contribution is 2.23. The molecule has 6 nitrogen and oxygen atoms in total. The summed E-state index contributed by atoms with van der Waals surface area (Å²) in [5.74, 6) is -0.652. The van der Waals surface area contributed by atoms with Gasteiger partial charge in [0.05, 0.1) is 11.1 Å². The van der Waals surface area contributed by atoms with Crippen molar-refractivity contribution in [3.8, 4) is 0 Å². The van der Waals surface area contributed by atoms with Crippen LogP contribution < -0.4 is 5.32 Å². The van der Waals surface area contributed by atoms with Crippen molar-refractivity contribution < 1.29 is 14.4 Å². The zero-order valence-electron chi connectivity index (χ0n) is 16.6. The molecule has 0 aliphatic carbocycles. The Hall–Kier alpha value is -3.41.